The van der Waals surface area contributed by atoms with Crippen LogP contribution in [0.15, 0.2) is 18.2 Å². The van der Waals surface area contributed by atoms with Gasteiger partial charge in [0.2, 0.25) is 5.91 Å². The first-order chi connectivity index (χ1) is 8.66. The molecule has 0 aliphatic carbocycles. The van der Waals surface area contributed by atoms with Gasteiger partial charge < -0.3 is 10.6 Å². The van der Waals surface area contributed by atoms with E-state index in [1.807, 2.05) is 32.0 Å². The SMILES string of the molecule is Cc1cccc(C)c1NC(=O)CSCC1CNC1. The van der Waals surface area contributed by atoms with Gasteiger partial charge in [-0.15, -0.1) is 0 Å². The molecule has 0 atom stereocenters. The minimum absolute atomic E-state index is 0.102. The van der Waals surface area contributed by atoms with Gasteiger partial charge in [0.15, 0.2) is 0 Å². The molecule has 2 rings (SSSR count). The summed E-state index contributed by atoms with van der Waals surface area (Å²) in [5.41, 5.74) is 3.21. The van der Waals surface area contributed by atoms with Crippen LogP contribution in [0.2, 0.25) is 0 Å². The molecule has 0 bridgehead atoms. The summed E-state index contributed by atoms with van der Waals surface area (Å²) in [6.07, 6.45) is 0. The van der Waals surface area contributed by atoms with Crippen molar-refractivity contribution < 1.29 is 4.79 Å². The van der Waals surface area contributed by atoms with E-state index in [0.717, 1.165) is 41.6 Å². The lowest BCUT2D eigenvalue weighted by Gasteiger charge is -2.26. The third kappa shape index (κ3) is 3.50. The Morgan fingerprint density at radius 2 is 2.06 bits per heavy atom. The number of aryl methyl sites for hydroxylation is 2. The molecular weight excluding hydrogens is 244 g/mol. The molecule has 3 nitrogen and oxygen atoms in total. The molecule has 1 aliphatic heterocycles. The van der Waals surface area contributed by atoms with Crippen molar-refractivity contribution in [2.45, 2.75) is 13.8 Å². The molecule has 0 unspecified atom stereocenters. The molecule has 1 amide bonds. The average molecular weight is 264 g/mol. The molecule has 2 N–H and O–H groups in total. The quantitative estimate of drug-likeness (QED) is 0.856. The Balaban J connectivity index is 1.79. The largest absolute Gasteiger partial charge is 0.325 e. The Labute approximate surface area is 113 Å². The van der Waals surface area contributed by atoms with E-state index in [9.17, 15) is 4.79 Å². The number of nitrogens with one attached hydrogen (secondary N) is 2. The van der Waals surface area contributed by atoms with E-state index in [0.29, 0.717) is 5.75 Å². The van der Waals surface area contributed by atoms with Crippen molar-refractivity contribution in [2.75, 3.05) is 29.9 Å². The van der Waals surface area contributed by atoms with Crippen molar-refractivity contribution in [1.29, 1.82) is 0 Å². The number of amides is 1. The summed E-state index contributed by atoms with van der Waals surface area (Å²) in [6.45, 7) is 6.25. The summed E-state index contributed by atoms with van der Waals surface area (Å²) in [6, 6.07) is 6.06. The zero-order chi connectivity index (χ0) is 13.0. The van der Waals surface area contributed by atoms with Crippen LogP contribution in [-0.4, -0.2) is 30.5 Å². The monoisotopic (exact) mass is 264 g/mol. The summed E-state index contributed by atoms with van der Waals surface area (Å²) in [5.74, 6) is 2.48. The second kappa shape index (κ2) is 6.25. The number of hydrogen-bond acceptors (Lipinski definition) is 3. The first-order valence-electron chi connectivity index (χ1n) is 6.31. The summed E-state index contributed by atoms with van der Waals surface area (Å²) in [5, 5.41) is 6.25. The number of rotatable bonds is 5. The Morgan fingerprint density at radius 3 is 2.61 bits per heavy atom. The highest BCUT2D eigenvalue weighted by atomic mass is 32.2. The standard InChI is InChI=1S/C14H20N2OS/c1-10-4-3-5-11(2)14(10)16-13(17)9-18-8-12-6-15-7-12/h3-5,12,15H,6-9H2,1-2H3,(H,16,17). The van der Waals surface area contributed by atoms with Crippen LogP contribution in [0, 0.1) is 19.8 Å². The highest BCUT2D eigenvalue weighted by Gasteiger charge is 2.17. The van der Waals surface area contributed by atoms with Gasteiger partial charge in [-0.25, -0.2) is 0 Å². The van der Waals surface area contributed by atoms with Gasteiger partial charge in [-0.1, -0.05) is 18.2 Å². The predicted molar refractivity (Wildman–Crippen MR) is 78.2 cm³/mol. The van der Waals surface area contributed by atoms with E-state index in [2.05, 4.69) is 10.6 Å². The maximum atomic E-state index is 11.9. The highest BCUT2D eigenvalue weighted by molar-refractivity contribution is 7.99. The van der Waals surface area contributed by atoms with Crippen molar-refractivity contribution >= 4 is 23.4 Å². The molecule has 1 aromatic carbocycles. The number of para-hydroxylation sites is 1. The minimum Gasteiger partial charge on any atom is -0.325 e. The van der Waals surface area contributed by atoms with Crippen LogP contribution in [-0.2, 0) is 4.79 Å². The molecule has 4 heteroatoms. The maximum Gasteiger partial charge on any atom is 0.234 e. The second-order valence-corrected chi connectivity index (χ2v) is 5.88. The lowest BCUT2D eigenvalue weighted by Crippen LogP contribution is -2.43. The van der Waals surface area contributed by atoms with Crippen LogP contribution in [0.25, 0.3) is 0 Å². The van der Waals surface area contributed by atoms with E-state index >= 15 is 0 Å². The van der Waals surface area contributed by atoms with Gasteiger partial charge in [-0.2, -0.15) is 11.8 Å². The van der Waals surface area contributed by atoms with Gasteiger partial charge in [0, 0.05) is 5.69 Å². The van der Waals surface area contributed by atoms with Gasteiger partial charge >= 0.3 is 0 Å². The first-order valence-corrected chi connectivity index (χ1v) is 7.47. The van der Waals surface area contributed by atoms with Crippen LogP contribution in [0.4, 0.5) is 5.69 Å². The summed E-state index contributed by atoms with van der Waals surface area (Å²) in [7, 11) is 0. The fraction of sp³-hybridized carbons (Fsp3) is 0.500. The molecule has 0 radical (unpaired) electrons. The van der Waals surface area contributed by atoms with Crippen LogP contribution in [0.3, 0.4) is 0 Å². The third-order valence-electron chi connectivity index (χ3n) is 3.20. The number of carbonyl (C=O) groups excluding carboxylic acids is 1. The van der Waals surface area contributed by atoms with E-state index in [1.54, 1.807) is 11.8 Å². The Morgan fingerprint density at radius 1 is 1.39 bits per heavy atom. The molecule has 1 aromatic rings. The topological polar surface area (TPSA) is 41.1 Å². The maximum absolute atomic E-state index is 11.9. The molecular formula is C14H20N2OS. The van der Waals surface area contributed by atoms with Crippen molar-refractivity contribution in [3.8, 4) is 0 Å². The molecule has 1 heterocycles. The fourth-order valence-corrected chi connectivity index (χ4v) is 2.92. The molecule has 0 saturated carbocycles. The fourth-order valence-electron chi connectivity index (χ4n) is 1.97. The summed E-state index contributed by atoms with van der Waals surface area (Å²) in [4.78, 5) is 11.9. The Bertz CT molecular complexity index is 410. The zero-order valence-corrected chi connectivity index (χ0v) is 11.8. The summed E-state index contributed by atoms with van der Waals surface area (Å²) < 4.78 is 0. The number of anilines is 1. The van der Waals surface area contributed by atoms with Gasteiger partial charge in [0.1, 0.15) is 0 Å². The van der Waals surface area contributed by atoms with E-state index in [-0.39, 0.29) is 5.91 Å². The van der Waals surface area contributed by atoms with Crippen LogP contribution < -0.4 is 10.6 Å². The van der Waals surface area contributed by atoms with Crippen LogP contribution >= 0.6 is 11.8 Å². The van der Waals surface area contributed by atoms with Gasteiger partial charge in [0.25, 0.3) is 0 Å². The van der Waals surface area contributed by atoms with Gasteiger partial charge in [0.05, 0.1) is 5.75 Å². The predicted octanol–water partition coefficient (Wildman–Crippen LogP) is 2.19. The van der Waals surface area contributed by atoms with E-state index in [4.69, 9.17) is 0 Å². The van der Waals surface area contributed by atoms with E-state index < -0.39 is 0 Å². The van der Waals surface area contributed by atoms with Crippen LogP contribution in [0.1, 0.15) is 11.1 Å². The lowest BCUT2D eigenvalue weighted by molar-refractivity contribution is -0.113. The average Bonchev–Trinajstić information content (AvgIpc) is 2.27. The number of carbonyl (C=O) groups is 1. The van der Waals surface area contributed by atoms with Crippen molar-refractivity contribution in [3.63, 3.8) is 0 Å². The third-order valence-corrected chi connectivity index (χ3v) is 4.37. The van der Waals surface area contributed by atoms with Gasteiger partial charge in [-0.05, 0) is 49.7 Å². The highest BCUT2D eigenvalue weighted by Crippen LogP contribution is 2.20. The normalized spacial score (nSPS) is 15.2. The summed E-state index contributed by atoms with van der Waals surface area (Å²) >= 11 is 1.72. The molecule has 0 spiro atoms. The molecule has 1 saturated heterocycles. The Hall–Kier alpha value is -1.000. The minimum atomic E-state index is 0.102. The zero-order valence-electron chi connectivity index (χ0n) is 11.0. The molecule has 0 aromatic heterocycles. The van der Waals surface area contributed by atoms with Crippen molar-refractivity contribution in [3.05, 3.63) is 29.3 Å². The van der Waals surface area contributed by atoms with Crippen molar-refractivity contribution in [2.24, 2.45) is 5.92 Å². The number of thioether (sulfide) groups is 1. The smallest absolute Gasteiger partial charge is 0.234 e. The molecule has 1 aliphatic rings. The van der Waals surface area contributed by atoms with Crippen LogP contribution in [0.5, 0.6) is 0 Å². The van der Waals surface area contributed by atoms with E-state index in [1.165, 1.54) is 0 Å². The Kier molecular flexibility index (Phi) is 4.66. The second-order valence-electron chi connectivity index (χ2n) is 4.85. The van der Waals surface area contributed by atoms with Gasteiger partial charge in [-0.3, -0.25) is 4.79 Å². The first kappa shape index (κ1) is 13.4. The number of benzene rings is 1. The number of hydrogen-bond donors (Lipinski definition) is 2. The lowest BCUT2D eigenvalue weighted by atomic mass is 10.1. The van der Waals surface area contributed by atoms with Crippen molar-refractivity contribution in [1.82, 2.24) is 5.32 Å². The molecule has 18 heavy (non-hydrogen) atoms. The molecule has 1 fully saturated rings. The molecule has 98 valence electrons.